The highest BCUT2D eigenvalue weighted by molar-refractivity contribution is 14.1. The Morgan fingerprint density at radius 3 is 2.89 bits per heavy atom. The summed E-state index contributed by atoms with van der Waals surface area (Å²) in [5.74, 6) is 2.07. The molecule has 4 rings (SSSR count). The molecular weight excluding hydrogens is 454 g/mol. The van der Waals surface area contributed by atoms with E-state index < -0.39 is 6.17 Å². The molecule has 3 aliphatic carbocycles. The van der Waals surface area contributed by atoms with Crippen molar-refractivity contribution in [1.29, 1.82) is 0 Å². The van der Waals surface area contributed by atoms with Gasteiger partial charge in [0, 0.05) is 0 Å². The minimum Gasteiger partial charge on any atom is -0.508 e. The highest BCUT2D eigenvalue weighted by Crippen LogP contribution is 2.62. The highest BCUT2D eigenvalue weighted by atomic mass is 127. The third-order valence-electron chi connectivity index (χ3n) is 8.04. The average molecular weight is 486 g/mol. The molecule has 0 aromatic heterocycles. The van der Waals surface area contributed by atoms with Crippen LogP contribution in [0.1, 0.15) is 68.9 Å². The summed E-state index contributed by atoms with van der Waals surface area (Å²) < 4.78 is 15.8. The van der Waals surface area contributed by atoms with Gasteiger partial charge in [-0.05, 0) is 108 Å². The van der Waals surface area contributed by atoms with Crippen LogP contribution in [0, 0.1) is 23.2 Å². The number of phenolic OH excluding ortho intramolecular Hbond substituents is 1. The Morgan fingerprint density at radius 2 is 2.11 bits per heavy atom. The number of rotatable bonds is 5. The zero-order valence-corrected chi connectivity index (χ0v) is 18.4. The van der Waals surface area contributed by atoms with Gasteiger partial charge in [-0.3, -0.25) is 0 Å². The summed E-state index contributed by atoms with van der Waals surface area (Å²) in [6.07, 6.45) is 6.28. The molecule has 4 heteroatoms. The predicted octanol–water partition coefficient (Wildman–Crippen LogP) is 5.78. The van der Waals surface area contributed by atoms with Crippen LogP contribution in [-0.2, 0) is 6.42 Å². The number of alkyl halides is 2. The second-order valence-electron chi connectivity index (χ2n) is 9.44. The fraction of sp³-hybridized carbons (Fsp3) is 0.739. The van der Waals surface area contributed by atoms with Gasteiger partial charge in [-0.1, -0.05) is 35.6 Å². The summed E-state index contributed by atoms with van der Waals surface area (Å²) in [7, 11) is 0. The summed E-state index contributed by atoms with van der Waals surface area (Å²) in [4.78, 5) is 0. The first-order valence-electron chi connectivity index (χ1n) is 10.6. The number of phenols is 1. The van der Waals surface area contributed by atoms with Crippen molar-refractivity contribution < 1.29 is 14.6 Å². The molecule has 2 saturated carbocycles. The lowest BCUT2D eigenvalue weighted by molar-refractivity contribution is -0.0423. The minimum atomic E-state index is -0.733. The molecule has 0 radical (unpaired) electrons. The zero-order valence-electron chi connectivity index (χ0n) is 16.2. The van der Waals surface area contributed by atoms with Crippen LogP contribution in [0.3, 0.4) is 0 Å². The maximum Gasteiger partial charge on any atom is 0.115 e. The molecule has 0 saturated heterocycles. The van der Waals surface area contributed by atoms with E-state index in [-0.39, 0.29) is 11.5 Å². The van der Waals surface area contributed by atoms with Crippen molar-refractivity contribution in [3.63, 3.8) is 0 Å². The Balaban J connectivity index is 1.66. The highest BCUT2D eigenvalue weighted by Gasteiger charge is 2.56. The number of fused-ring (bicyclic) bond motifs is 5. The van der Waals surface area contributed by atoms with Gasteiger partial charge in [-0.15, -0.1) is 0 Å². The van der Waals surface area contributed by atoms with Crippen molar-refractivity contribution in [2.45, 2.75) is 76.5 Å². The molecule has 2 fully saturated rings. The van der Waals surface area contributed by atoms with Crippen molar-refractivity contribution in [1.82, 2.24) is 0 Å². The molecule has 1 aromatic carbocycles. The van der Waals surface area contributed by atoms with Gasteiger partial charge in [0.05, 0.1) is 6.10 Å². The predicted molar refractivity (Wildman–Crippen MR) is 115 cm³/mol. The fourth-order valence-electron chi connectivity index (χ4n) is 6.72. The number of aliphatic hydroxyl groups is 1. The van der Waals surface area contributed by atoms with E-state index in [0.717, 1.165) is 43.0 Å². The van der Waals surface area contributed by atoms with Crippen molar-refractivity contribution in [2.75, 3.05) is 4.43 Å². The normalized spacial score (nSPS) is 38.7. The summed E-state index contributed by atoms with van der Waals surface area (Å²) in [5.41, 5.74) is 2.60. The number of aliphatic hydroxyl groups excluding tert-OH is 1. The maximum absolute atomic E-state index is 14.8. The van der Waals surface area contributed by atoms with Crippen LogP contribution in [0.5, 0.6) is 5.75 Å². The molecule has 2 nitrogen and oxygen atoms in total. The van der Waals surface area contributed by atoms with Crippen LogP contribution in [0.15, 0.2) is 18.2 Å². The van der Waals surface area contributed by atoms with E-state index in [2.05, 4.69) is 35.6 Å². The first-order valence-corrected chi connectivity index (χ1v) is 12.2. The number of hydrogen-bond donors (Lipinski definition) is 2. The van der Waals surface area contributed by atoms with Gasteiger partial charge < -0.3 is 10.2 Å². The molecule has 0 bridgehead atoms. The van der Waals surface area contributed by atoms with E-state index >= 15 is 0 Å². The molecule has 2 N–H and O–H groups in total. The van der Waals surface area contributed by atoms with Gasteiger partial charge in [0.25, 0.3) is 0 Å². The Labute approximate surface area is 176 Å². The summed E-state index contributed by atoms with van der Waals surface area (Å²) in [6, 6.07) is 5.83. The molecule has 0 aliphatic heterocycles. The van der Waals surface area contributed by atoms with Gasteiger partial charge in [-0.25, -0.2) is 4.39 Å². The average Bonchev–Trinajstić information content (AvgIpc) is 2.94. The topological polar surface area (TPSA) is 40.5 Å². The Hall–Kier alpha value is -0.360. The third-order valence-corrected chi connectivity index (χ3v) is 8.81. The first-order chi connectivity index (χ1) is 12.9. The Morgan fingerprint density at radius 1 is 1.30 bits per heavy atom. The fourth-order valence-corrected chi connectivity index (χ4v) is 7.16. The van der Waals surface area contributed by atoms with Crippen LogP contribution in [0.2, 0.25) is 0 Å². The van der Waals surface area contributed by atoms with Crippen LogP contribution in [-0.4, -0.2) is 26.9 Å². The molecule has 7 atom stereocenters. The van der Waals surface area contributed by atoms with Crippen LogP contribution in [0.25, 0.3) is 0 Å². The molecule has 1 unspecified atom stereocenters. The van der Waals surface area contributed by atoms with E-state index in [1.54, 1.807) is 0 Å². The van der Waals surface area contributed by atoms with E-state index in [4.69, 9.17) is 0 Å². The van der Waals surface area contributed by atoms with Crippen molar-refractivity contribution in [3.05, 3.63) is 29.3 Å². The molecule has 0 amide bonds. The minimum absolute atomic E-state index is 0.00184. The Bertz CT molecular complexity index is 680. The maximum atomic E-state index is 14.8. The van der Waals surface area contributed by atoms with Crippen molar-refractivity contribution >= 4 is 22.6 Å². The number of hydrogen-bond acceptors (Lipinski definition) is 2. The van der Waals surface area contributed by atoms with Gasteiger partial charge in [0.15, 0.2) is 0 Å². The number of halogens is 2. The van der Waals surface area contributed by atoms with Gasteiger partial charge in [0.2, 0.25) is 0 Å². The molecule has 0 heterocycles. The first kappa shape index (κ1) is 19.9. The largest absolute Gasteiger partial charge is 0.508 e. The lowest BCUT2D eigenvalue weighted by Crippen LogP contribution is -2.47. The molecule has 3 aliphatic rings. The molecule has 150 valence electrons. The van der Waals surface area contributed by atoms with Gasteiger partial charge in [-0.2, -0.15) is 0 Å². The molecule has 1 aromatic rings. The number of aromatic hydroxyl groups is 1. The summed E-state index contributed by atoms with van der Waals surface area (Å²) in [6.45, 7) is 2.28. The second kappa shape index (κ2) is 7.81. The summed E-state index contributed by atoms with van der Waals surface area (Å²) in [5, 5.41) is 20.7. The van der Waals surface area contributed by atoms with E-state index in [9.17, 15) is 14.6 Å². The molecule has 27 heavy (non-hydrogen) atoms. The smallest absolute Gasteiger partial charge is 0.115 e. The van der Waals surface area contributed by atoms with Gasteiger partial charge in [0.1, 0.15) is 11.9 Å². The lowest BCUT2D eigenvalue weighted by atomic mass is 9.52. The molecule has 0 spiro atoms. The number of benzene rings is 1. The third kappa shape index (κ3) is 3.54. The van der Waals surface area contributed by atoms with Gasteiger partial charge >= 0.3 is 0 Å². The zero-order chi connectivity index (χ0) is 19.2. The second-order valence-corrected chi connectivity index (χ2v) is 10.5. The Kier molecular flexibility index (Phi) is 5.77. The van der Waals surface area contributed by atoms with Crippen LogP contribution in [0.4, 0.5) is 4.39 Å². The van der Waals surface area contributed by atoms with E-state index in [0.29, 0.717) is 42.3 Å². The van der Waals surface area contributed by atoms with Crippen molar-refractivity contribution in [2.24, 2.45) is 23.2 Å². The van der Waals surface area contributed by atoms with Crippen molar-refractivity contribution in [3.8, 4) is 5.75 Å². The monoisotopic (exact) mass is 486 g/mol. The van der Waals surface area contributed by atoms with Crippen LogP contribution < -0.4 is 0 Å². The van der Waals surface area contributed by atoms with E-state index in [1.807, 2.05) is 12.1 Å². The lowest BCUT2D eigenvalue weighted by Gasteiger charge is -2.53. The SMILES string of the molecule is C[C@]12CC[C@@H]3c4ccc(O)cc4C[C@@H](CC(F)CCCI)[C@H]3[C@@H]1CC[C@@H]2O. The quantitative estimate of drug-likeness (QED) is 0.409. The van der Waals surface area contributed by atoms with Crippen LogP contribution >= 0.6 is 22.6 Å². The molecular formula is C23H32FIO2. The van der Waals surface area contributed by atoms with E-state index in [1.165, 1.54) is 11.1 Å². The standard InChI is InChI=1S/C23H32FIO2/c1-23-9-8-19-18-5-4-17(26)13-14(18)11-15(12-16(24)3-2-10-25)22(19)20(23)6-7-21(23)27/h4-5,13,15-16,19-22,26-27H,2-3,6-12H2,1H3/t15-,16?,19+,20-,21-,22+,23-/m0/s1. The summed E-state index contributed by atoms with van der Waals surface area (Å²) >= 11 is 2.33.